The Kier molecular flexibility index (Phi) is 6.83. The standard InChI is InChI=1S/C25H25F3N4O2/c1-18-17-22(33)23(29-32(18)21-10-6-5-9-20(21)25(26,27)28)24(34)31-15-13-30(14-16-31)12-11-19-7-3-2-4-8-19/h2-10,17H,11-16H2,1H3. The molecule has 2 heterocycles. The summed E-state index contributed by atoms with van der Waals surface area (Å²) in [6, 6.07) is 16.2. The largest absolute Gasteiger partial charge is 0.418 e. The van der Waals surface area contributed by atoms with Crippen molar-refractivity contribution in [3.05, 3.63) is 93.4 Å². The van der Waals surface area contributed by atoms with Gasteiger partial charge in [0.25, 0.3) is 5.91 Å². The van der Waals surface area contributed by atoms with E-state index in [-0.39, 0.29) is 17.1 Å². The van der Waals surface area contributed by atoms with E-state index in [9.17, 15) is 22.8 Å². The van der Waals surface area contributed by atoms with E-state index in [0.717, 1.165) is 29.8 Å². The lowest BCUT2D eigenvalue weighted by molar-refractivity contribution is -0.137. The van der Waals surface area contributed by atoms with Crippen molar-refractivity contribution in [2.75, 3.05) is 32.7 Å². The van der Waals surface area contributed by atoms with Crippen LogP contribution in [0.25, 0.3) is 5.69 Å². The zero-order chi connectivity index (χ0) is 24.3. The van der Waals surface area contributed by atoms with Crippen LogP contribution in [0.1, 0.15) is 27.3 Å². The highest BCUT2D eigenvalue weighted by molar-refractivity contribution is 5.92. The number of benzene rings is 2. The molecular weight excluding hydrogens is 445 g/mol. The molecule has 34 heavy (non-hydrogen) atoms. The van der Waals surface area contributed by atoms with E-state index < -0.39 is 23.1 Å². The first-order valence-corrected chi connectivity index (χ1v) is 11.1. The van der Waals surface area contributed by atoms with Gasteiger partial charge in [-0.2, -0.15) is 18.3 Å². The molecule has 0 unspecified atom stereocenters. The number of hydrogen-bond acceptors (Lipinski definition) is 4. The summed E-state index contributed by atoms with van der Waals surface area (Å²) in [7, 11) is 0. The molecule has 4 rings (SSSR count). The Hall–Kier alpha value is -3.46. The molecule has 0 bridgehead atoms. The molecule has 0 radical (unpaired) electrons. The molecule has 0 atom stereocenters. The van der Waals surface area contributed by atoms with E-state index in [0.29, 0.717) is 26.2 Å². The van der Waals surface area contributed by atoms with Crippen LogP contribution in [-0.2, 0) is 12.6 Å². The summed E-state index contributed by atoms with van der Waals surface area (Å²) in [6.45, 7) is 4.48. The zero-order valence-electron chi connectivity index (χ0n) is 18.8. The second kappa shape index (κ2) is 9.80. The van der Waals surface area contributed by atoms with Crippen LogP contribution in [0, 0.1) is 6.92 Å². The number of hydrogen-bond donors (Lipinski definition) is 0. The highest BCUT2D eigenvalue weighted by atomic mass is 19.4. The number of alkyl halides is 3. The summed E-state index contributed by atoms with van der Waals surface area (Å²) in [4.78, 5) is 29.4. The van der Waals surface area contributed by atoms with Crippen molar-refractivity contribution in [3.8, 4) is 5.69 Å². The third kappa shape index (κ3) is 5.20. The quantitative estimate of drug-likeness (QED) is 0.572. The SMILES string of the molecule is Cc1cc(=O)c(C(=O)N2CCN(CCc3ccccc3)CC2)nn1-c1ccccc1C(F)(F)F. The lowest BCUT2D eigenvalue weighted by Crippen LogP contribution is -2.50. The number of aryl methyl sites for hydroxylation is 1. The molecule has 1 aromatic heterocycles. The van der Waals surface area contributed by atoms with E-state index in [1.165, 1.54) is 35.6 Å². The zero-order valence-corrected chi connectivity index (χ0v) is 18.8. The normalized spacial score (nSPS) is 14.9. The highest BCUT2D eigenvalue weighted by Crippen LogP contribution is 2.33. The Morgan fingerprint density at radius 2 is 1.62 bits per heavy atom. The van der Waals surface area contributed by atoms with E-state index in [1.54, 1.807) is 0 Å². The molecule has 1 aliphatic heterocycles. The number of amides is 1. The van der Waals surface area contributed by atoms with Crippen molar-refractivity contribution in [3.63, 3.8) is 0 Å². The third-order valence-corrected chi connectivity index (χ3v) is 5.97. The summed E-state index contributed by atoms with van der Waals surface area (Å²) in [5, 5.41) is 4.09. The molecule has 0 aliphatic carbocycles. The van der Waals surface area contributed by atoms with Gasteiger partial charge in [0.1, 0.15) is 0 Å². The molecule has 2 aromatic carbocycles. The number of carbonyl (C=O) groups is 1. The minimum atomic E-state index is -4.60. The van der Waals surface area contributed by atoms with Crippen molar-refractivity contribution >= 4 is 5.91 Å². The summed E-state index contributed by atoms with van der Waals surface area (Å²) < 4.78 is 41.6. The molecule has 178 valence electrons. The van der Waals surface area contributed by atoms with Crippen LogP contribution in [0.3, 0.4) is 0 Å². The molecule has 1 fully saturated rings. The van der Waals surface area contributed by atoms with Gasteiger partial charge in [0.05, 0.1) is 11.3 Å². The third-order valence-electron chi connectivity index (χ3n) is 5.97. The van der Waals surface area contributed by atoms with Gasteiger partial charge in [0, 0.05) is 44.5 Å². The summed E-state index contributed by atoms with van der Waals surface area (Å²) in [5.74, 6) is -0.564. The monoisotopic (exact) mass is 470 g/mol. The summed E-state index contributed by atoms with van der Waals surface area (Å²) in [6.07, 6.45) is -3.70. The fraction of sp³-hybridized carbons (Fsp3) is 0.320. The summed E-state index contributed by atoms with van der Waals surface area (Å²) >= 11 is 0. The van der Waals surface area contributed by atoms with Crippen LogP contribution >= 0.6 is 0 Å². The van der Waals surface area contributed by atoms with Crippen molar-refractivity contribution in [1.29, 1.82) is 0 Å². The fourth-order valence-corrected chi connectivity index (χ4v) is 4.09. The van der Waals surface area contributed by atoms with Gasteiger partial charge in [-0.3, -0.25) is 14.5 Å². The average molecular weight is 470 g/mol. The van der Waals surface area contributed by atoms with Crippen LogP contribution in [0.4, 0.5) is 13.2 Å². The van der Waals surface area contributed by atoms with Crippen LogP contribution in [0.2, 0.25) is 0 Å². The topological polar surface area (TPSA) is 58.4 Å². The molecule has 1 aliphatic rings. The molecular formula is C25H25F3N4O2. The number of rotatable bonds is 5. The first-order valence-electron chi connectivity index (χ1n) is 11.1. The van der Waals surface area contributed by atoms with Crippen LogP contribution in [0.15, 0.2) is 65.5 Å². The van der Waals surface area contributed by atoms with Gasteiger partial charge < -0.3 is 4.90 Å². The molecule has 0 N–H and O–H groups in total. The Bertz CT molecular complexity index is 1220. The van der Waals surface area contributed by atoms with Crippen molar-refractivity contribution in [2.24, 2.45) is 0 Å². The van der Waals surface area contributed by atoms with Gasteiger partial charge in [-0.25, -0.2) is 4.68 Å². The summed E-state index contributed by atoms with van der Waals surface area (Å²) in [5.41, 5.74) is -0.643. The number of carbonyl (C=O) groups excluding carboxylic acids is 1. The number of aromatic nitrogens is 2. The Morgan fingerprint density at radius 1 is 0.971 bits per heavy atom. The lowest BCUT2D eigenvalue weighted by Gasteiger charge is -2.34. The minimum Gasteiger partial charge on any atom is -0.335 e. The molecule has 6 nitrogen and oxygen atoms in total. The smallest absolute Gasteiger partial charge is 0.335 e. The Morgan fingerprint density at radius 3 is 2.29 bits per heavy atom. The van der Waals surface area contributed by atoms with Crippen molar-refractivity contribution < 1.29 is 18.0 Å². The van der Waals surface area contributed by atoms with E-state index >= 15 is 0 Å². The van der Waals surface area contributed by atoms with E-state index in [4.69, 9.17) is 0 Å². The maximum atomic E-state index is 13.5. The second-order valence-electron chi connectivity index (χ2n) is 8.29. The number of piperazine rings is 1. The van der Waals surface area contributed by atoms with Crippen LogP contribution in [-0.4, -0.2) is 58.2 Å². The van der Waals surface area contributed by atoms with Gasteiger partial charge in [-0.1, -0.05) is 42.5 Å². The van der Waals surface area contributed by atoms with E-state index in [1.807, 2.05) is 18.2 Å². The minimum absolute atomic E-state index is 0.212. The molecule has 1 amide bonds. The van der Waals surface area contributed by atoms with Crippen molar-refractivity contribution in [1.82, 2.24) is 19.6 Å². The van der Waals surface area contributed by atoms with Gasteiger partial charge in [0.15, 0.2) is 5.69 Å². The van der Waals surface area contributed by atoms with Crippen LogP contribution < -0.4 is 5.43 Å². The predicted molar refractivity (Wildman–Crippen MR) is 122 cm³/mol. The molecule has 0 saturated carbocycles. The highest BCUT2D eigenvalue weighted by Gasteiger charge is 2.34. The fourth-order valence-electron chi connectivity index (χ4n) is 4.09. The maximum absolute atomic E-state index is 13.5. The second-order valence-corrected chi connectivity index (χ2v) is 8.29. The van der Waals surface area contributed by atoms with E-state index in [2.05, 4.69) is 22.1 Å². The molecule has 3 aromatic rings. The predicted octanol–water partition coefficient (Wildman–Crippen LogP) is 3.56. The number of nitrogens with zero attached hydrogens (tertiary/aromatic N) is 4. The van der Waals surface area contributed by atoms with Crippen LogP contribution in [0.5, 0.6) is 0 Å². The number of para-hydroxylation sites is 1. The Balaban J connectivity index is 1.50. The first-order chi connectivity index (χ1) is 16.2. The van der Waals surface area contributed by atoms with Gasteiger partial charge in [0.2, 0.25) is 5.43 Å². The molecule has 1 saturated heterocycles. The Labute approximate surface area is 195 Å². The first kappa shape index (κ1) is 23.7. The van der Waals surface area contributed by atoms with Gasteiger partial charge in [-0.05, 0) is 31.0 Å². The van der Waals surface area contributed by atoms with Crippen molar-refractivity contribution in [2.45, 2.75) is 19.5 Å². The number of halogens is 3. The molecule has 9 heteroatoms. The average Bonchev–Trinajstić information content (AvgIpc) is 2.83. The molecule has 0 spiro atoms. The maximum Gasteiger partial charge on any atom is 0.418 e. The lowest BCUT2D eigenvalue weighted by atomic mass is 10.1. The van der Waals surface area contributed by atoms with Gasteiger partial charge >= 0.3 is 6.18 Å². The van der Waals surface area contributed by atoms with Gasteiger partial charge in [-0.15, -0.1) is 0 Å².